The summed E-state index contributed by atoms with van der Waals surface area (Å²) in [6, 6.07) is 11.5. The summed E-state index contributed by atoms with van der Waals surface area (Å²) in [4.78, 5) is 17.7. The van der Waals surface area contributed by atoms with Gasteiger partial charge in [-0.2, -0.15) is 4.99 Å². The van der Waals surface area contributed by atoms with Crippen LogP contribution in [0.25, 0.3) is 10.2 Å². The van der Waals surface area contributed by atoms with Gasteiger partial charge >= 0.3 is 0 Å². The van der Waals surface area contributed by atoms with E-state index in [1.165, 1.54) is 35.6 Å². The van der Waals surface area contributed by atoms with Gasteiger partial charge in [0.1, 0.15) is 5.75 Å². The van der Waals surface area contributed by atoms with Crippen LogP contribution in [0.4, 0.5) is 0 Å². The number of nitrogens with zero attached hydrogens (tertiary/aromatic N) is 2. The fourth-order valence-electron chi connectivity index (χ4n) is 2.79. The Balaban J connectivity index is 2.03. The first-order valence-corrected chi connectivity index (χ1v) is 11.7. The number of fused-ring (bicyclic) bond motifs is 1. The summed E-state index contributed by atoms with van der Waals surface area (Å²) in [5.74, 6) is 0.321. The number of ether oxygens (including phenoxy) is 2. The topological polar surface area (TPSA) is 87.0 Å². The number of rotatable bonds is 7. The SMILES string of the molecule is CCOc1ccc2c(c1)sc(=NC(=O)c1ccc(S(C)(=O)=O)cc1)n2CCOC. The second-order valence-corrected chi connectivity index (χ2v) is 9.33. The van der Waals surface area contributed by atoms with Gasteiger partial charge in [-0.3, -0.25) is 4.79 Å². The highest BCUT2D eigenvalue weighted by Crippen LogP contribution is 2.23. The summed E-state index contributed by atoms with van der Waals surface area (Å²) in [6.07, 6.45) is 1.13. The quantitative estimate of drug-likeness (QED) is 0.571. The summed E-state index contributed by atoms with van der Waals surface area (Å²) in [5, 5.41) is 0. The second kappa shape index (κ2) is 8.89. The number of carbonyl (C=O) groups is 1. The molecule has 0 N–H and O–H groups in total. The van der Waals surface area contributed by atoms with Gasteiger partial charge in [-0.05, 0) is 49.4 Å². The lowest BCUT2D eigenvalue weighted by atomic mass is 10.2. The number of carbonyl (C=O) groups excluding carboxylic acids is 1. The van der Waals surface area contributed by atoms with Gasteiger partial charge in [0, 0.05) is 25.5 Å². The normalized spacial score (nSPS) is 12.4. The van der Waals surface area contributed by atoms with Crippen LogP contribution < -0.4 is 9.54 Å². The maximum atomic E-state index is 12.7. The molecule has 29 heavy (non-hydrogen) atoms. The molecule has 0 atom stereocenters. The van der Waals surface area contributed by atoms with E-state index in [4.69, 9.17) is 9.47 Å². The molecule has 154 valence electrons. The van der Waals surface area contributed by atoms with E-state index < -0.39 is 15.7 Å². The predicted molar refractivity (Wildman–Crippen MR) is 112 cm³/mol. The minimum Gasteiger partial charge on any atom is -0.494 e. The van der Waals surface area contributed by atoms with Gasteiger partial charge in [0.05, 0.1) is 28.3 Å². The third-order valence-corrected chi connectivity index (χ3v) is 6.38. The molecule has 1 heterocycles. The monoisotopic (exact) mass is 434 g/mol. The molecule has 7 nitrogen and oxygen atoms in total. The van der Waals surface area contributed by atoms with Crippen molar-refractivity contribution in [1.29, 1.82) is 0 Å². The Morgan fingerprint density at radius 3 is 2.52 bits per heavy atom. The van der Waals surface area contributed by atoms with E-state index in [0.29, 0.717) is 30.1 Å². The van der Waals surface area contributed by atoms with Crippen molar-refractivity contribution >= 4 is 37.3 Å². The van der Waals surface area contributed by atoms with Gasteiger partial charge in [0.15, 0.2) is 14.6 Å². The van der Waals surface area contributed by atoms with Crippen molar-refractivity contribution in [1.82, 2.24) is 4.57 Å². The number of hydrogen-bond acceptors (Lipinski definition) is 6. The average Bonchev–Trinajstić information content (AvgIpc) is 3.02. The Hall–Kier alpha value is -2.49. The molecule has 0 unspecified atom stereocenters. The average molecular weight is 435 g/mol. The third kappa shape index (κ3) is 4.92. The minimum absolute atomic E-state index is 0.162. The molecule has 3 aromatic rings. The van der Waals surface area contributed by atoms with Crippen LogP contribution in [0.5, 0.6) is 5.75 Å². The van der Waals surface area contributed by atoms with Gasteiger partial charge in [-0.15, -0.1) is 0 Å². The van der Waals surface area contributed by atoms with E-state index in [2.05, 4.69) is 4.99 Å². The van der Waals surface area contributed by atoms with Crippen molar-refractivity contribution in [2.45, 2.75) is 18.4 Å². The first-order chi connectivity index (χ1) is 13.8. The molecule has 0 spiro atoms. The molecule has 0 saturated heterocycles. The van der Waals surface area contributed by atoms with Gasteiger partial charge < -0.3 is 14.0 Å². The van der Waals surface area contributed by atoms with Crippen molar-refractivity contribution in [3.05, 3.63) is 52.8 Å². The summed E-state index contributed by atoms with van der Waals surface area (Å²) in [7, 11) is -1.70. The van der Waals surface area contributed by atoms with E-state index in [9.17, 15) is 13.2 Å². The van der Waals surface area contributed by atoms with Crippen molar-refractivity contribution in [2.24, 2.45) is 4.99 Å². The van der Waals surface area contributed by atoms with Crippen LogP contribution >= 0.6 is 11.3 Å². The van der Waals surface area contributed by atoms with Crippen LogP contribution in [0.3, 0.4) is 0 Å². The van der Waals surface area contributed by atoms with Crippen LogP contribution in [0.1, 0.15) is 17.3 Å². The highest BCUT2D eigenvalue weighted by molar-refractivity contribution is 7.90. The van der Waals surface area contributed by atoms with Gasteiger partial charge in [-0.1, -0.05) is 11.3 Å². The molecule has 0 radical (unpaired) electrons. The number of benzene rings is 2. The Morgan fingerprint density at radius 2 is 1.90 bits per heavy atom. The summed E-state index contributed by atoms with van der Waals surface area (Å²) in [5.41, 5.74) is 1.26. The third-order valence-electron chi connectivity index (χ3n) is 4.21. The molecule has 9 heteroatoms. The largest absolute Gasteiger partial charge is 0.494 e. The molecule has 1 aromatic heterocycles. The molecule has 0 aliphatic heterocycles. The Labute approximate surface area is 173 Å². The minimum atomic E-state index is -3.32. The summed E-state index contributed by atoms with van der Waals surface area (Å²) >= 11 is 1.39. The van der Waals surface area contributed by atoms with Crippen LogP contribution in [0, 0.1) is 0 Å². The fraction of sp³-hybridized carbons (Fsp3) is 0.300. The second-order valence-electron chi connectivity index (χ2n) is 6.31. The highest BCUT2D eigenvalue weighted by atomic mass is 32.2. The maximum Gasteiger partial charge on any atom is 0.279 e. The van der Waals surface area contributed by atoms with Gasteiger partial charge in [0.25, 0.3) is 5.91 Å². The predicted octanol–water partition coefficient (Wildman–Crippen LogP) is 2.89. The fourth-order valence-corrected chi connectivity index (χ4v) is 4.50. The molecule has 0 bridgehead atoms. The molecule has 0 aliphatic rings. The summed E-state index contributed by atoms with van der Waals surface area (Å²) in [6.45, 7) is 3.51. The molecule has 1 amide bonds. The molecule has 2 aromatic carbocycles. The summed E-state index contributed by atoms with van der Waals surface area (Å²) < 4.78 is 36.8. The molecule has 3 rings (SSSR count). The van der Waals surface area contributed by atoms with E-state index in [-0.39, 0.29) is 4.90 Å². The maximum absolute atomic E-state index is 12.7. The Morgan fingerprint density at radius 1 is 1.17 bits per heavy atom. The zero-order valence-electron chi connectivity index (χ0n) is 16.4. The number of amides is 1. The zero-order valence-corrected chi connectivity index (χ0v) is 18.0. The lowest BCUT2D eigenvalue weighted by Gasteiger charge is -2.06. The lowest BCUT2D eigenvalue weighted by Crippen LogP contribution is -2.19. The van der Waals surface area contributed by atoms with Crippen LogP contribution in [0.2, 0.25) is 0 Å². The number of aromatic nitrogens is 1. The number of hydrogen-bond donors (Lipinski definition) is 0. The van der Waals surface area contributed by atoms with Crippen molar-refractivity contribution in [3.8, 4) is 5.75 Å². The lowest BCUT2D eigenvalue weighted by molar-refractivity contribution is 0.0997. The Bertz CT molecular complexity index is 1190. The van der Waals surface area contributed by atoms with Crippen molar-refractivity contribution in [3.63, 3.8) is 0 Å². The number of thiazole rings is 1. The standard InChI is InChI=1S/C20H22N2O5S2/c1-4-27-15-7-10-17-18(13-15)28-20(22(17)11-12-26-2)21-19(23)14-5-8-16(9-6-14)29(3,24)25/h5-10,13H,4,11-12H2,1-3H3. The smallest absolute Gasteiger partial charge is 0.279 e. The van der Waals surface area contributed by atoms with Crippen LogP contribution in [-0.2, 0) is 21.1 Å². The van der Waals surface area contributed by atoms with Crippen molar-refractivity contribution < 1.29 is 22.7 Å². The van der Waals surface area contributed by atoms with E-state index in [1.54, 1.807) is 7.11 Å². The van der Waals surface area contributed by atoms with Crippen LogP contribution in [0.15, 0.2) is 52.4 Å². The van der Waals surface area contributed by atoms with Crippen LogP contribution in [-0.4, -0.2) is 45.5 Å². The number of sulfone groups is 1. The zero-order chi connectivity index (χ0) is 21.0. The van der Waals surface area contributed by atoms with E-state index in [1.807, 2.05) is 29.7 Å². The number of methoxy groups -OCH3 is 1. The van der Waals surface area contributed by atoms with Gasteiger partial charge in [-0.25, -0.2) is 8.42 Å². The van der Waals surface area contributed by atoms with E-state index in [0.717, 1.165) is 22.2 Å². The molecular weight excluding hydrogens is 412 g/mol. The highest BCUT2D eigenvalue weighted by Gasteiger charge is 2.12. The first kappa shape index (κ1) is 21.2. The molecule has 0 saturated carbocycles. The Kier molecular flexibility index (Phi) is 6.51. The van der Waals surface area contributed by atoms with Crippen molar-refractivity contribution in [2.75, 3.05) is 26.6 Å². The molecule has 0 aliphatic carbocycles. The van der Waals surface area contributed by atoms with Gasteiger partial charge in [0.2, 0.25) is 0 Å². The molecule has 0 fully saturated rings. The van der Waals surface area contributed by atoms with E-state index >= 15 is 0 Å². The molecular formula is C20H22N2O5S2. The first-order valence-electron chi connectivity index (χ1n) is 8.97.